The Hall–Kier alpha value is -2.95. The number of aliphatic hydroxyl groups excluding tert-OH is 1. The molecule has 0 radical (unpaired) electrons. The smallest absolute Gasteiger partial charge is 0.360 e. The lowest BCUT2D eigenvalue weighted by Crippen LogP contribution is -2.49. The summed E-state index contributed by atoms with van der Waals surface area (Å²) in [7, 11) is 0. The van der Waals surface area contributed by atoms with Gasteiger partial charge in [-0.3, -0.25) is 9.59 Å². The molecule has 1 fully saturated rings. The predicted molar refractivity (Wildman–Crippen MR) is 99.6 cm³/mol. The van der Waals surface area contributed by atoms with Crippen LogP contribution in [-0.4, -0.2) is 59.7 Å². The molecule has 1 aliphatic rings. The van der Waals surface area contributed by atoms with E-state index in [9.17, 15) is 24.6 Å². The summed E-state index contributed by atoms with van der Waals surface area (Å²) in [5.74, 6) is -0.627. The number of esters is 1. The first-order valence-electron chi connectivity index (χ1n) is 8.82. The molecule has 3 atom stereocenters. The van der Waals surface area contributed by atoms with Crippen molar-refractivity contribution in [1.82, 2.24) is 0 Å². The molecule has 0 aliphatic carbocycles. The molecule has 156 valence electrons. The third-order valence-corrected chi connectivity index (χ3v) is 4.41. The second-order valence-electron chi connectivity index (χ2n) is 6.82. The summed E-state index contributed by atoms with van der Waals surface area (Å²) >= 11 is 0. The minimum absolute atomic E-state index is 0.0260. The van der Waals surface area contributed by atoms with Crippen LogP contribution >= 0.6 is 0 Å². The van der Waals surface area contributed by atoms with E-state index in [0.717, 1.165) is 0 Å². The third kappa shape index (κ3) is 4.73. The van der Waals surface area contributed by atoms with Gasteiger partial charge in [0.2, 0.25) is 5.91 Å². The summed E-state index contributed by atoms with van der Waals surface area (Å²) in [5.41, 5.74) is -2.16. The van der Waals surface area contributed by atoms with E-state index >= 15 is 0 Å². The number of rotatable bonds is 6. The number of ether oxygens (including phenoxy) is 3. The van der Waals surface area contributed by atoms with Crippen molar-refractivity contribution in [3.8, 4) is 5.75 Å². The lowest BCUT2D eigenvalue weighted by molar-refractivity contribution is -0.146. The summed E-state index contributed by atoms with van der Waals surface area (Å²) in [6, 6.07) is 6.14. The van der Waals surface area contributed by atoms with Crippen LogP contribution in [0.5, 0.6) is 5.75 Å². The maximum Gasteiger partial charge on any atom is 0.360 e. The molecular formula is C19H21NO9. The Morgan fingerprint density at radius 1 is 1.31 bits per heavy atom. The van der Waals surface area contributed by atoms with E-state index in [2.05, 4.69) is 5.32 Å². The highest BCUT2D eigenvalue weighted by Gasteiger charge is 2.49. The van der Waals surface area contributed by atoms with Crippen molar-refractivity contribution in [1.29, 1.82) is 0 Å². The van der Waals surface area contributed by atoms with Gasteiger partial charge in [-0.1, -0.05) is 0 Å². The number of nitrogens with one attached hydrogen (secondary N) is 1. The van der Waals surface area contributed by atoms with E-state index in [1.807, 2.05) is 0 Å². The molecule has 1 aromatic carbocycles. The van der Waals surface area contributed by atoms with Gasteiger partial charge in [0.1, 0.15) is 42.4 Å². The van der Waals surface area contributed by atoms with Gasteiger partial charge in [-0.25, -0.2) is 4.79 Å². The lowest BCUT2D eigenvalue weighted by Gasteiger charge is -2.26. The van der Waals surface area contributed by atoms with Crippen LogP contribution in [0.3, 0.4) is 0 Å². The van der Waals surface area contributed by atoms with Crippen LogP contribution in [0.1, 0.15) is 13.8 Å². The lowest BCUT2D eigenvalue weighted by atomic mass is 9.98. The van der Waals surface area contributed by atoms with Gasteiger partial charge in [0, 0.05) is 25.3 Å². The first-order chi connectivity index (χ1) is 13.7. The number of anilines is 1. The van der Waals surface area contributed by atoms with Crippen LogP contribution in [0.25, 0.3) is 11.0 Å². The summed E-state index contributed by atoms with van der Waals surface area (Å²) in [6.07, 6.45) is -2.19. The van der Waals surface area contributed by atoms with Crippen LogP contribution in [0, 0.1) is 0 Å². The number of carbonyl (C=O) groups is 2. The van der Waals surface area contributed by atoms with Crippen LogP contribution in [0.15, 0.2) is 33.5 Å². The maximum atomic E-state index is 11.9. The third-order valence-electron chi connectivity index (χ3n) is 4.41. The summed E-state index contributed by atoms with van der Waals surface area (Å²) in [5, 5.41) is 23.8. The molecule has 29 heavy (non-hydrogen) atoms. The Kier molecular flexibility index (Phi) is 5.87. The average molecular weight is 407 g/mol. The van der Waals surface area contributed by atoms with Gasteiger partial charge in [-0.15, -0.1) is 0 Å². The SMILES string of the molecule is CC(=O)Nc1cc2ccc(OC[C@]3(O)CO[C@H](COC(C)=O)C3O)cc2oc1=O. The molecule has 10 heteroatoms. The first-order valence-corrected chi connectivity index (χ1v) is 8.82. The fourth-order valence-electron chi connectivity index (χ4n) is 2.91. The van der Waals surface area contributed by atoms with Crippen molar-refractivity contribution in [2.24, 2.45) is 0 Å². The van der Waals surface area contributed by atoms with Gasteiger partial charge >= 0.3 is 11.6 Å². The van der Waals surface area contributed by atoms with E-state index in [0.29, 0.717) is 5.39 Å². The number of amides is 1. The number of aliphatic hydroxyl groups is 2. The molecule has 0 saturated carbocycles. The quantitative estimate of drug-likeness (QED) is 0.451. The van der Waals surface area contributed by atoms with Crippen molar-refractivity contribution >= 4 is 28.5 Å². The molecule has 1 saturated heterocycles. The molecule has 10 nitrogen and oxygen atoms in total. The Morgan fingerprint density at radius 2 is 2.07 bits per heavy atom. The maximum absolute atomic E-state index is 11.9. The van der Waals surface area contributed by atoms with Gasteiger partial charge in [0.15, 0.2) is 5.60 Å². The zero-order chi connectivity index (χ0) is 21.2. The van der Waals surface area contributed by atoms with Crippen LogP contribution in [0.4, 0.5) is 5.69 Å². The highest BCUT2D eigenvalue weighted by Crippen LogP contribution is 2.28. The normalized spacial score (nSPS) is 23.7. The molecule has 0 spiro atoms. The summed E-state index contributed by atoms with van der Waals surface area (Å²) < 4.78 is 20.8. The van der Waals surface area contributed by atoms with Gasteiger partial charge in [-0.2, -0.15) is 0 Å². The van der Waals surface area contributed by atoms with Crippen molar-refractivity contribution in [2.75, 3.05) is 25.1 Å². The van der Waals surface area contributed by atoms with Crippen molar-refractivity contribution in [2.45, 2.75) is 31.7 Å². The van der Waals surface area contributed by atoms with Crippen LogP contribution in [-0.2, 0) is 19.1 Å². The molecule has 2 aromatic rings. The largest absolute Gasteiger partial charge is 0.490 e. The first kappa shape index (κ1) is 20.8. The van der Waals surface area contributed by atoms with Gasteiger partial charge in [0.25, 0.3) is 0 Å². The Bertz CT molecular complexity index is 985. The highest BCUT2D eigenvalue weighted by atomic mass is 16.6. The zero-order valence-corrected chi connectivity index (χ0v) is 15.8. The molecule has 3 N–H and O–H groups in total. The number of fused-ring (bicyclic) bond motifs is 1. The van der Waals surface area contributed by atoms with Gasteiger partial charge in [0.05, 0.1) is 6.61 Å². The molecular weight excluding hydrogens is 386 g/mol. The minimum atomic E-state index is -1.70. The zero-order valence-electron chi connectivity index (χ0n) is 15.8. The van der Waals surface area contributed by atoms with Crippen molar-refractivity contribution in [3.05, 3.63) is 34.7 Å². The Morgan fingerprint density at radius 3 is 2.76 bits per heavy atom. The Balaban J connectivity index is 1.69. The van der Waals surface area contributed by atoms with Crippen molar-refractivity contribution < 1.29 is 38.4 Å². The summed E-state index contributed by atoms with van der Waals surface area (Å²) in [6.45, 7) is 1.82. The molecule has 3 rings (SSSR count). The molecule has 2 heterocycles. The minimum Gasteiger partial charge on any atom is -0.490 e. The van der Waals surface area contributed by atoms with E-state index in [4.69, 9.17) is 18.6 Å². The molecule has 1 aliphatic heterocycles. The van der Waals surface area contributed by atoms with E-state index in [1.165, 1.54) is 26.0 Å². The molecule has 1 unspecified atom stereocenters. The second kappa shape index (κ2) is 8.19. The monoisotopic (exact) mass is 407 g/mol. The number of carbonyl (C=O) groups excluding carboxylic acids is 2. The average Bonchev–Trinajstić information content (AvgIpc) is 2.93. The van der Waals surface area contributed by atoms with Crippen LogP contribution in [0.2, 0.25) is 0 Å². The standard InChI is InChI=1S/C19H21NO9/c1-10(21)20-14-5-12-3-4-13(6-15(12)29-18(14)24)27-8-19(25)9-28-16(17(19)23)7-26-11(2)22/h3-6,16-17,23,25H,7-9H2,1-2H3,(H,20,21)/t16-,17?,19+/m1/s1. The molecule has 1 amide bonds. The van der Waals surface area contributed by atoms with Gasteiger partial charge < -0.3 is 34.2 Å². The number of hydrogen-bond donors (Lipinski definition) is 3. The molecule has 1 aromatic heterocycles. The van der Waals surface area contributed by atoms with E-state index < -0.39 is 35.3 Å². The second-order valence-corrected chi connectivity index (χ2v) is 6.82. The number of benzene rings is 1. The summed E-state index contributed by atoms with van der Waals surface area (Å²) in [4.78, 5) is 34.0. The topological polar surface area (TPSA) is 145 Å². The highest BCUT2D eigenvalue weighted by molar-refractivity contribution is 5.91. The Labute approximate surface area is 165 Å². The molecule has 0 bridgehead atoms. The fourth-order valence-corrected chi connectivity index (χ4v) is 2.91. The van der Waals surface area contributed by atoms with E-state index in [-0.39, 0.29) is 36.8 Å². The van der Waals surface area contributed by atoms with Gasteiger partial charge in [-0.05, 0) is 18.2 Å². The van der Waals surface area contributed by atoms with Crippen LogP contribution < -0.4 is 15.7 Å². The number of hydrogen-bond acceptors (Lipinski definition) is 9. The fraction of sp³-hybridized carbons (Fsp3) is 0.421. The predicted octanol–water partition coefficient (Wildman–Crippen LogP) is 0.184. The van der Waals surface area contributed by atoms with Crippen molar-refractivity contribution in [3.63, 3.8) is 0 Å². The van der Waals surface area contributed by atoms with E-state index in [1.54, 1.807) is 12.1 Å².